The molecule has 0 bridgehead atoms. The SMILES string of the molecule is CCc1ccc(N2CC(C(=O)NC3CCN(C(=O)NC4CCCCC4)CC3)CC2=O)cc1. The number of likely N-dealkylation sites (tertiary alicyclic amines) is 1. The number of nitrogens with one attached hydrogen (secondary N) is 2. The third-order valence-corrected chi connectivity index (χ3v) is 7.21. The second kappa shape index (κ2) is 10.4. The molecule has 0 radical (unpaired) electrons. The molecule has 1 atom stereocenters. The maximum Gasteiger partial charge on any atom is 0.317 e. The molecule has 2 N–H and O–H groups in total. The molecule has 7 nitrogen and oxygen atoms in total. The molecule has 1 aromatic rings. The summed E-state index contributed by atoms with van der Waals surface area (Å²) in [5, 5.41) is 6.31. The molecule has 3 fully saturated rings. The zero-order chi connectivity index (χ0) is 22.5. The van der Waals surface area contributed by atoms with Crippen LogP contribution in [0.25, 0.3) is 0 Å². The van der Waals surface area contributed by atoms with Gasteiger partial charge in [0, 0.05) is 43.8 Å². The minimum absolute atomic E-state index is 0.00333. The summed E-state index contributed by atoms with van der Waals surface area (Å²) in [6.45, 7) is 3.84. The number of amides is 4. The Labute approximate surface area is 190 Å². The van der Waals surface area contributed by atoms with Crippen molar-refractivity contribution < 1.29 is 14.4 Å². The van der Waals surface area contributed by atoms with Gasteiger partial charge in [0.25, 0.3) is 0 Å². The number of piperidine rings is 1. The van der Waals surface area contributed by atoms with Crippen LogP contribution in [0.5, 0.6) is 0 Å². The van der Waals surface area contributed by atoms with Gasteiger partial charge in [-0.25, -0.2) is 4.79 Å². The van der Waals surface area contributed by atoms with E-state index >= 15 is 0 Å². The molecule has 4 amide bonds. The standard InChI is InChI=1S/C25H36N4O3/c1-2-18-8-10-22(11-9-18)29-17-19(16-23(29)30)24(31)26-21-12-14-28(15-13-21)25(32)27-20-6-4-3-5-7-20/h8-11,19-21H,2-7,12-17H2,1H3,(H,26,31)(H,27,32). The van der Waals surface area contributed by atoms with E-state index in [1.807, 2.05) is 29.2 Å². The van der Waals surface area contributed by atoms with Crippen LogP contribution >= 0.6 is 0 Å². The van der Waals surface area contributed by atoms with Gasteiger partial charge < -0.3 is 20.4 Å². The molecular weight excluding hydrogens is 404 g/mol. The number of hydrogen-bond donors (Lipinski definition) is 2. The zero-order valence-corrected chi connectivity index (χ0v) is 19.1. The first kappa shape index (κ1) is 22.6. The Morgan fingerprint density at radius 3 is 2.25 bits per heavy atom. The predicted octanol–water partition coefficient (Wildman–Crippen LogP) is 3.22. The molecule has 0 spiro atoms. The van der Waals surface area contributed by atoms with Crippen LogP contribution < -0.4 is 15.5 Å². The van der Waals surface area contributed by atoms with Gasteiger partial charge in [0.2, 0.25) is 11.8 Å². The molecule has 2 saturated heterocycles. The van der Waals surface area contributed by atoms with E-state index in [4.69, 9.17) is 0 Å². The highest BCUT2D eigenvalue weighted by atomic mass is 16.2. The molecule has 32 heavy (non-hydrogen) atoms. The van der Waals surface area contributed by atoms with Gasteiger partial charge in [0.05, 0.1) is 5.92 Å². The maximum absolute atomic E-state index is 12.8. The van der Waals surface area contributed by atoms with Gasteiger partial charge in [-0.1, -0.05) is 38.3 Å². The summed E-state index contributed by atoms with van der Waals surface area (Å²) in [5.41, 5.74) is 2.09. The fraction of sp³-hybridized carbons (Fsp3) is 0.640. The third-order valence-electron chi connectivity index (χ3n) is 7.21. The molecule has 0 aromatic heterocycles. The second-order valence-electron chi connectivity index (χ2n) is 9.48. The van der Waals surface area contributed by atoms with Crippen molar-refractivity contribution >= 4 is 23.5 Å². The van der Waals surface area contributed by atoms with Gasteiger partial charge in [-0.05, 0) is 49.8 Å². The quantitative estimate of drug-likeness (QED) is 0.738. The van der Waals surface area contributed by atoms with Gasteiger partial charge in [0.1, 0.15) is 0 Å². The molecule has 4 rings (SSSR count). The summed E-state index contributed by atoms with van der Waals surface area (Å²) in [6, 6.07) is 8.41. The second-order valence-corrected chi connectivity index (χ2v) is 9.48. The number of carbonyl (C=O) groups is 3. The van der Waals surface area contributed by atoms with Crippen LogP contribution in [-0.4, -0.2) is 54.5 Å². The monoisotopic (exact) mass is 440 g/mol. The Morgan fingerprint density at radius 1 is 0.938 bits per heavy atom. The van der Waals surface area contributed by atoms with E-state index in [2.05, 4.69) is 17.6 Å². The molecule has 1 aliphatic carbocycles. The van der Waals surface area contributed by atoms with E-state index in [9.17, 15) is 14.4 Å². The minimum Gasteiger partial charge on any atom is -0.353 e. The van der Waals surface area contributed by atoms with Crippen LogP contribution in [0.3, 0.4) is 0 Å². The number of carbonyl (C=O) groups excluding carboxylic acids is 3. The van der Waals surface area contributed by atoms with Gasteiger partial charge in [0.15, 0.2) is 0 Å². The van der Waals surface area contributed by atoms with Crippen molar-refractivity contribution in [3.8, 4) is 0 Å². The number of rotatable bonds is 5. The molecule has 174 valence electrons. The van der Waals surface area contributed by atoms with Crippen LogP contribution in [0.2, 0.25) is 0 Å². The van der Waals surface area contributed by atoms with Crippen LogP contribution in [-0.2, 0) is 16.0 Å². The fourth-order valence-corrected chi connectivity index (χ4v) is 5.10. The summed E-state index contributed by atoms with van der Waals surface area (Å²) >= 11 is 0. The molecule has 2 aliphatic heterocycles. The highest BCUT2D eigenvalue weighted by molar-refractivity contribution is 6.00. The molecule has 1 saturated carbocycles. The number of benzene rings is 1. The first-order valence-corrected chi connectivity index (χ1v) is 12.3. The van der Waals surface area contributed by atoms with E-state index in [0.29, 0.717) is 25.7 Å². The minimum atomic E-state index is -0.319. The first-order valence-electron chi connectivity index (χ1n) is 12.3. The molecule has 7 heteroatoms. The average Bonchev–Trinajstić information content (AvgIpc) is 3.22. The van der Waals surface area contributed by atoms with E-state index in [0.717, 1.165) is 37.8 Å². The lowest BCUT2D eigenvalue weighted by atomic mass is 9.95. The van der Waals surface area contributed by atoms with E-state index < -0.39 is 0 Å². The van der Waals surface area contributed by atoms with E-state index in [1.54, 1.807) is 4.90 Å². The molecule has 1 aromatic carbocycles. The average molecular weight is 441 g/mol. The molecule has 1 unspecified atom stereocenters. The molecule has 3 aliphatic rings. The predicted molar refractivity (Wildman–Crippen MR) is 124 cm³/mol. The Balaban J connectivity index is 1.22. The summed E-state index contributed by atoms with van der Waals surface area (Å²) in [4.78, 5) is 41.5. The van der Waals surface area contributed by atoms with Crippen molar-refractivity contribution in [1.82, 2.24) is 15.5 Å². The maximum atomic E-state index is 12.8. The lowest BCUT2D eigenvalue weighted by Crippen LogP contribution is -2.52. The van der Waals surface area contributed by atoms with Crippen molar-refractivity contribution in [3.05, 3.63) is 29.8 Å². The largest absolute Gasteiger partial charge is 0.353 e. The van der Waals surface area contributed by atoms with E-state index in [-0.39, 0.29) is 36.2 Å². The molecular formula is C25H36N4O3. The summed E-state index contributed by atoms with van der Waals surface area (Å²) in [7, 11) is 0. The van der Waals surface area contributed by atoms with Crippen LogP contribution in [0.15, 0.2) is 24.3 Å². The van der Waals surface area contributed by atoms with Crippen LogP contribution in [0.4, 0.5) is 10.5 Å². The fourth-order valence-electron chi connectivity index (χ4n) is 5.10. The lowest BCUT2D eigenvalue weighted by Gasteiger charge is -2.34. The number of hydrogen-bond acceptors (Lipinski definition) is 3. The molecule has 2 heterocycles. The number of nitrogens with zero attached hydrogens (tertiary/aromatic N) is 2. The summed E-state index contributed by atoms with van der Waals surface area (Å²) < 4.78 is 0. The van der Waals surface area contributed by atoms with Crippen molar-refractivity contribution in [2.75, 3.05) is 24.5 Å². The smallest absolute Gasteiger partial charge is 0.317 e. The highest BCUT2D eigenvalue weighted by Gasteiger charge is 2.36. The van der Waals surface area contributed by atoms with Gasteiger partial charge in [-0.3, -0.25) is 9.59 Å². The Morgan fingerprint density at radius 2 is 1.59 bits per heavy atom. The van der Waals surface area contributed by atoms with E-state index in [1.165, 1.54) is 24.8 Å². The topological polar surface area (TPSA) is 81.8 Å². The van der Waals surface area contributed by atoms with Crippen molar-refractivity contribution in [2.45, 2.75) is 76.8 Å². The van der Waals surface area contributed by atoms with Crippen LogP contribution in [0, 0.1) is 5.92 Å². The number of aryl methyl sites for hydroxylation is 1. The number of anilines is 1. The third kappa shape index (κ3) is 5.43. The lowest BCUT2D eigenvalue weighted by molar-refractivity contribution is -0.127. The van der Waals surface area contributed by atoms with Crippen molar-refractivity contribution in [1.29, 1.82) is 0 Å². The highest BCUT2D eigenvalue weighted by Crippen LogP contribution is 2.26. The van der Waals surface area contributed by atoms with Gasteiger partial charge in [-0.15, -0.1) is 0 Å². The van der Waals surface area contributed by atoms with Crippen LogP contribution in [0.1, 0.15) is 63.9 Å². The van der Waals surface area contributed by atoms with Crippen molar-refractivity contribution in [2.24, 2.45) is 5.92 Å². The summed E-state index contributed by atoms with van der Waals surface area (Å²) in [5.74, 6) is -0.360. The van der Waals surface area contributed by atoms with Gasteiger partial charge in [-0.2, -0.15) is 0 Å². The normalized spacial score (nSPS) is 22.8. The van der Waals surface area contributed by atoms with Crippen molar-refractivity contribution in [3.63, 3.8) is 0 Å². The Hall–Kier alpha value is -2.57. The zero-order valence-electron chi connectivity index (χ0n) is 19.1. The Kier molecular flexibility index (Phi) is 7.33. The van der Waals surface area contributed by atoms with Gasteiger partial charge >= 0.3 is 6.03 Å². The Bertz CT molecular complexity index is 811. The first-order chi connectivity index (χ1) is 15.5. The number of urea groups is 1. The summed E-state index contributed by atoms with van der Waals surface area (Å²) in [6.07, 6.45) is 8.56.